The minimum Gasteiger partial charge on any atom is -0.490 e. The number of benzene rings is 1. The van der Waals surface area contributed by atoms with E-state index in [-0.39, 0.29) is 26.4 Å². The van der Waals surface area contributed by atoms with E-state index in [9.17, 15) is 9.59 Å². The first-order valence-corrected chi connectivity index (χ1v) is 12.7. The lowest BCUT2D eigenvalue weighted by molar-refractivity contribution is -0.144. The molecule has 0 amide bonds. The Bertz CT molecular complexity index is 970. The molecule has 0 saturated carbocycles. The zero-order chi connectivity index (χ0) is 27.4. The number of rotatable bonds is 15. The van der Waals surface area contributed by atoms with Crippen LogP contribution in [0, 0.1) is 5.92 Å². The number of ether oxygens (including phenoxy) is 3. The van der Waals surface area contributed by atoms with Crippen LogP contribution in [0.25, 0.3) is 0 Å². The molecule has 1 aliphatic rings. The maximum Gasteiger partial charge on any atom is 0.336 e. The quantitative estimate of drug-likeness (QED) is 0.159. The van der Waals surface area contributed by atoms with Gasteiger partial charge in [-0.05, 0) is 32.0 Å². The van der Waals surface area contributed by atoms with Gasteiger partial charge in [0.05, 0.1) is 24.4 Å². The predicted molar refractivity (Wildman–Crippen MR) is 140 cm³/mol. The number of carbonyl (C=O) groups excluding carboxylic acids is 2. The number of aliphatic hydroxyl groups is 2. The molecule has 0 fully saturated rings. The van der Waals surface area contributed by atoms with E-state index in [2.05, 4.69) is 16.0 Å². The molecule has 2 rings (SSSR count). The summed E-state index contributed by atoms with van der Waals surface area (Å²) in [7, 11) is 0. The summed E-state index contributed by atoms with van der Waals surface area (Å²) in [5.41, 5.74) is 1.80. The fraction of sp³-hybridized carbons (Fsp3) is 0.520. The van der Waals surface area contributed by atoms with E-state index in [1.54, 1.807) is 39.0 Å². The van der Waals surface area contributed by atoms with Gasteiger partial charge >= 0.3 is 11.9 Å². The highest BCUT2D eigenvalue weighted by Crippen LogP contribution is 2.31. The third-order valence-corrected chi connectivity index (χ3v) is 5.94. The first-order chi connectivity index (χ1) is 17.7. The van der Waals surface area contributed by atoms with Gasteiger partial charge in [-0.25, -0.2) is 9.59 Å². The third-order valence-electron chi connectivity index (χ3n) is 5.51. The van der Waals surface area contributed by atoms with E-state index in [4.69, 9.17) is 47.6 Å². The Balaban J connectivity index is 2.00. The molecule has 0 saturated heterocycles. The molecule has 0 aromatic heterocycles. The maximum absolute atomic E-state index is 13.2. The van der Waals surface area contributed by atoms with Gasteiger partial charge in [0.15, 0.2) is 0 Å². The standard InChI is InChI=1S/C25H35Cl2N3O7/c1-15-22(24(33)36-9-8-35-20-11-18(26)10-19(27)12-20)16(2)30-17(3)23(15)25(34)37-21(13-28-4-6-31)14-29-5-7-32/h10-12,15,21,28-32H,4-9,13-14H2,1-3H3. The van der Waals surface area contributed by atoms with Gasteiger partial charge in [-0.1, -0.05) is 30.1 Å². The third kappa shape index (κ3) is 9.81. The van der Waals surface area contributed by atoms with Crippen molar-refractivity contribution in [3.05, 3.63) is 50.8 Å². The second-order valence-corrected chi connectivity index (χ2v) is 9.27. The average Bonchev–Trinajstić information content (AvgIpc) is 2.81. The topological polar surface area (TPSA) is 138 Å². The zero-order valence-corrected chi connectivity index (χ0v) is 22.7. The number of allylic oxidation sites excluding steroid dienone is 2. The Kier molecular flexibility index (Phi) is 13.2. The number of dihydropyridines is 1. The van der Waals surface area contributed by atoms with Gasteiger partial charge in [0.2, 0.25) is 0 Å². The molecule has 1 aliphatic heterocycles. The van der Waals surface area contributed by atoms with Crippen LogP contribution in [0.1, 0.15) is 20.8 Å². The molecule has 0 aliphatic carbocycles. The number of aliphatic hydroxyl groups excluding tert-OH is 2. The molecule has 12 heteroatoms. The molecule has 206 valence electrons. The van der Waals surface area contributed by atoms with Gasteiger partial charge in [-0.3, -0.25) is 0 Å². The van der Waals surface area contributed by atoms with Crippen molar-refractivity contribution in [2.24, 2.45) is 5.92 Å². The lowest BCUT2D eigenvalue weighted by Crippen LogP contribution is -2.42. The Morgan fingerprint density at radius 3 is 2.03 bits per heavy atom. The predicted octanol–water partition coefficient (Wildman–Crippen LogP) is 1.78. The molecule has 1 atom stereocenters. The maximum atomic E-state index is 13.2. The lowest BCUT2D eigenvalue weighted by Gasteiger charge is -2.29. The Morgan fingerprint density at radius 2 is 1.49 bits per heavy atom. The Morgan fingerprint density at radius 1 is 0.946 bits per heavy atom. The van der Waals surface area contributed by atoms with Crippen LogP contribution in [0.5, 0.6) is 5.75 Å². The molecular weight excluding hydrogens is 525 g/mol. The highest BCUT2D eigenvalue weighted by atomic mass is 35.5. The van der Waals surface area contributed by atoms with Gasteiger partial charge in [-0.2, -0.15) is 0 Å². The summed E-state index contributed by atoms with van der Waals surface area (Å²) in [6.45, 7) is 6.49. The normalized spacial score (nSPS) is 15.6. The summed E-state index contributed by atoms with van der Waals surface area (Å²) in [4.78, 5) is 26.1. The summed E-state index contributed by atoms with van der Waals surface area (Å²) >= 11 is 11.9. The summed E-state index contributed by atoms with van der Waals surface area (Å²) in [5.74, 6) is -1.27. The highest BCUT2D eigenvalue weighted by molar-refractivity contribution is 6.34. The Hall–Kier alpha value is -2.34. The van der Waals surface area contributed by atoms with E-state index in [1.807, 2.05) is 0 Å². The molecular formula is C25H35Cl2N3O7. The van der Waals surface area contributed by atoms with Crippen molar-refractivity contribution in [2.45, 2.75) is 26.9 Å². The van der Waals surface area contributed by atoms with Gasteiger partial charge < -0.3 is 40.4 Å². The van der Waals surface area contributed by atoms with Crippen LogP contribution in [-0.4, -0.2) is 80.9 Å². The van der Waals surface area contributed by atoms with Gasteiger partial charge in [0, 0.05) is 53.5 Å². The van der Waals surface area contributed by atoms with Crippen LogP contribution in [0.3, 0.4) is 0 Å². The first kappa shape index (κ1) is 30.9. The fourth-order valence-electron chi connectivity index (χ4n) is 3.91. The number of hydrogen-bond donors (Lipinski definition) is 5. The van der Waals surface area contributed by atoms with Crippen LogP contribution in [-0.2, 0) is 19.1 Å². The monoisotopic (exact) mass is 559 g/mol. The summed E-state index contributed by atoms with van der Waals surface area (Å²) in [6.07, 6.45) is -0.558. The molecule has 1 aromatic rings. The minimum atomic E-state index is -0.578. The van der Waals surface area contributed by atoms with Crippen LogP contribution in [0.2, 0.25) is 10.0 Å². The molecule has 0 radical (unpaired) electrons. The second-order valence-electron chi connectivity index (χ2n) is 8.40. The minimum absolute atomic E-state index is 0.0237. The average molecular weight is 560 g/mol. The number of esters is 2. The van der Waals surface area contributed by atoms with Gasteiger partial charge in [-0.15, -0.1) is 0 Å². The molecule has 10 nitrogen and oxygen atoms in total. The van der Waals surface area contributed by atoms with E-state index in [0.29, 0.717) is 64.5 Å². The van der Waals surface area contributed by atoms with E-state index >= 15 is 0 Å². The van der Waals surface area contributed by atoms with E-state index in [0.717, 1.165) is 0 Å². The summed E-state index contributed by atoms with van der Waals surface area (Å²) < 4.78 is 16.7. The Labute approximate surface area is 226 Å². The van der Waals surface area contributed by atoms with Crippen LogP contribution < -0.4 is 20.7 Å². The highest BCUT2D eigenvalue weighted by Gasteiger charge is 2.34. The van der Waals surface area contributed by atoms with E-state index in [1.165, 1.54) is 0 Å². The zero-order valence-electron chi connectivity index (χ0n) is 21.2. The van der Waals surface area contributed by atoms with Crippen molar-refractivity contribution >= 4 is 35.1 Å². The summed E-state index contributed by atoms with van der Waals surface area (Å²) in [5, 5.41) is 28.0. The van der Waals surface area contributed by atoms with Crippen molar-refractivity contribution in [2.75, 3.05) is 52.6 Å². The largest absolute Gasteiger partial charge is 0.490 e. The number of carbonyl (C=O) groups is 2. The number of nitrogens with one attached hydrogen (secondary N) is 3. The van der Waals surface area contributed by atoms with Crippen LogP contribution in [0.4, 0.5) is 0 Å². The molecule has 1 unspecified atom stereocenters. The summed E-state index contributed by atoms with van der Waals surface area (Å²) in [6, 6.07) is 4.79. The molecule has 5 N–H and O–H groups in total. The number of hydrogen-bond acceptors (Lipinski definition) is 10. The molecule has 0 spiro atoms. The van der Waals surface area contributed by atoms with E-state index < -0.39 is 24.0 Å². The van der Waals surface area contributed by atoms with Crippen molar-refractivity contribution in [1.29, 1.82) is 0 Å². The van der Waals surface area contributed by atoms with Crippen LogP contribution >= 0.6 is 23.2 Å². The lowest BCUT2D eigenvalue weighted by atomic mass is 9.87. The number of halogens is 2. The van der Waals surface area contributed by atoms with Crippen molar-refractivity contribution in [3.8, 4) is 5.75 Å². The molecule has 1 heterocycles. The van der Waals surface area contributed by atoms with Crippen molar-refractivity contribution < 1.29 is 34.0 Å². The van der Waals surface area contributed by atoms with Gasteiger partial charge in [0.25, 0.3) is 0 Å². The molecule has 0 bridgehead atoms. The SMILES string of the molecule is CC1=C(C(=O)OCCOc2cc(Cl)cc(Cl)c2)C(C)C(C(=O)OC(CNCCO)CNCCO)=C(C)N1. The first-order valence-electron chi connectivity index (χ1n) is 12.0. The molecule has 37 heavy (non-hydrogen) atoms. The molecule has 1 aromatic carbocycles. The van der Waals surface area contributed by atoms with Gasteiger partial charge in [0.1, 0.15) is 25.1 Å². The van der Waals surface area contributed by atoms with Crippen molar-refractivity contribution in [3.63, 3.8) is 0 Å². The smallest absolute Gasteiger partial charge is 0.336 e. The van der Waals surface area contributed by atoms with Crippen LogP contribution in [0.15, 0.2) is 40.7 Å². The fourth-order valence-corrected chi connectivity index (χ4v) is 4.41. The second kappa shape index (κ2) is 15.8. The van der Waals surface area contributed by atoms with Crippen molar-refractivity contribution in [1.82, 2.24) is 16.0 Å².